The maximum absolute atomic E-state index is 13.1. The number of rotatable bonds is 6. The number of carbonyl (C=O) groups excluding carboxylic acids is 2. The topological polar surface area (TPSA) is 79.8 Å². The lowest BCUT2D eigenvalue weighted by molar-refractivity contribution is 0.0927. The molecule has 6 nitrogen and oxygen atoms in total. The highest BCUT2D eigenvalue weighted by Gasteiger charge is 2.28. The molecule has 1 unspecified atom stereocenters. The van der Waals surface area contributed by atoms with Crippen LogP contribution in [0.1, 0.15) is 81.7 Å². The van der Waals surface area contributed by atoms with Crippen molar-refractivity contribution in [2.75, 3.05) is 0 Å². The summed E-state index contributed by atoms with van der Waals surface area (Å²) in [5, 5.41) is 7.80. The summed E-state index contributed by atoms with van der Waals surface area (Å²) in [6.45, 7) is 6.09. The van der Waals surface area contributed by atoms with Crippen LogP contribution in [-0.4, -0.2) is 26.5 Å². The average molecular weight is 405 g/mol. The number of nitrogens with one attached hydrogen (secondary N) is 2. The Hall–Kier alpha value is -3.15. The molecule has 0 spiro atoms. The monoisotopic (exact) mass is 404 g/mol. The lowest BCUT2D eigenvalue weighted by Crippen LogP contribution is -2.32. The number of nitrogens with zero attached hydrogens (tertiary/aromatic N) is 2. The van der Waals surface area contributed by atoms with Gasteiger partial charge in [-0.25, -0.2) is 0 Å². The molecule has 4 rings (SSSR count). The number of ketones is 1. The molecule has 0 saturated heterocycles. The minimum atomic E-state index is -0.156. The van der Waals surface area contributed by atoms with E-state index in [1.807, 2.05) is 42.9 Å². The molecular weight excluding hydrogens is 376 g/mol. The number of hydrogen-bond donors (Lipinski definition) is 2. The van der Waals surface area contributed by atoms with Gasteiger partial charge in [-0.05, 0) is 50.7 Å². The maximum Gasteiger partial charge on any atom is 0.268 e. The van der Waals surface area contributed by atoms with Gasteiger partial charge in [0.05, 0.1) is 18.8 Å². The number of aromatic nitrogens is 3. The molecular formula is C24H28N4O2. The van der Waals surface area contributed by atoms with Gasteiger partial charge in [0.15, 0.2) is 5.78 Å². The van der Waals surface area contributed by atoms with Crippen LogP contribution in [0.5, 0.6) is 0 Å². The normalized spacial score (nSPS) is 15.6. The first kappa shape index (κ1) is 20.1. The Morgan fingerprint density at radius 2 is 2.03 bits per heavy atom. The number of Topliss-reactive ketones (excluding diaryl/α,β-unsaturated/α-hetero) is 1. The molecule has 0 radical (unpaired) electrons. The van der Waals surface area contributed by atoms with Crippen molar-refractivity contribution in [1.82, 2.24) is 20.1 Å². The third kappa shape index (κ3) is 3.70. The van der Waals surface area contributed by atoms with E-state index in [1.165, 1.54) is 11.3 Å². The summed E-state index contributed by atoms with van der Waals surface area (Å²) < 4.78 is 2.05. The van der Waals surface area contributed by atoms with Gasteiger partial charge in [0, 0.05) is 22.5 Å². The summed E-state index contributed by atoms with van der Waals surface area (Å²) in [5.74, 6) is -0.169. The van der Waals surface area contributed by atoms with Gasteiger partial charge in [0.25, 0.3) is 5.91 Å². The summed E-state index contributed by atoms with van der Waals surface area (Å²) >= 11 is 0. The van der Waals surface area contributed by atoms with Gasteiger partial charge < -0.3 is 10.3 Å². The number of amides is 1. The summed E-state index contributed by atoms with van der Waals surface area (Å²) in [4.78, 5) is 28.3. The third-order valence-corrected chi connectivity index (χ3v) is 5.97. The molecule has 1 amide bonds. The molecule has 1 aromatic carbocycles. The third-order valence-electron chi connectivity index (χ3n) is 5.97. The molecule has 0 saturated carbocycles. The number of H-pyrrole nitrogens is 1. The largest absolute Gasteiger partial charge is 0.354 e. The van der Waals surface area contributed by atoms with Crippen LogP contribution in [0.25, 0.3) is 0 Å². The van der Waals surface area contributed by atoms with Crippen LogP contribution < -0.4 is 5.32 Å². The Labute approximate surface area is 176 Å². The first-order valence-electron chi connectivity index (χ1n) is 10.6. The van der Waals surface area contributed by atoms with Gasteiger partial charge in [0.2, 0.25) is 0 Å². The van der Waals surface area contributed by atoms with Crippen molar-refractivity contribution in [2.45, 2.75) is 59.0 Å². The minimum Gasteiger partial charge on any atom is -0.354 e. The van der Waals surface area contributed by atoms with Gasteiger partial charge in [-0.3, -0.25) is 14.3 Å². The van der Waals surface area contributed by atoms with E-state index in [-0.39, 0.29) is 17.7 Å². The summed E-state index contributed by atoms with van der Waals surface area (Å²) in [7, 11) is 0. The Kier molecular flexibility index (Phi) is 5.57. The number of aromatic amines is 1. The van der Waals surface area contributed by atoms with E-state index < -0.39 is 0 Å². The lowest BCUT2D eigenvalue weighted by atomic mass is 9.92. The fourth-order valence-electron chi connectivity index (χ4n) is 4.59. The van der Waals surface area contributed by atoms with Gasteiger partial charge in [-0.15, -0.1) is 0 Å². The average Bonchev–Trinajstić information content (AvgIpc) is 3.30. The molecule has 156 valence electrons. The Morgan fingerprint density at radius 3 is 2.73 bits per heavy atom. The van der Waals surface area contributed by atoms with Crippen LogP contribution in [0.4, 0.5) is 0 Å². The zero-order valence-corrected chi connectivity index (χ0v) is 17.8. The van der Waals surface area contributed by atoms with Gasteiger partial charge in [-0.1, -0.05) is 37.3 Å². The molecule has 1 aliphatic rings. The molecule has 2 N–H and O–H groups in total. The summed E-state index contributed by atoms with van der Waals surface area (Å²) in [5.41, 5.74) is 6.20. The quantitative estimate of drug-likeness (QED) is 0.606. The van der Waals surface area contributed by atoms with E-state index in [9.17, 15) is 9.59 Å². The second kappa shape index (κ2) is 8.30. The van der Waals surface area contributed by atoms with Crippen molar-refractivity contribution < 1.29 is 9.59 Å². The van der Waals surface area contributed by atoms with E-state index in [1.54, 1.807) is 6.92 Å². The SMILES string of the molecule is CCc1c(C(=O)NC2CCCc3c2cnn3Cc2ccccc2)[nH]c(C)c1C(C)=O. The van der Waals surface area contributed by atoms with Crippen LogP contribution in [0.15, 0.2) is 36.5 Å². The van der Waals surface area contributed by atoms with Crippen LogP contribution >= 0.6 is 0 Å². The fraction of sp³-hybridized carbons (Fsp3) is 0.375. The first-order valence-corrected chi connectivity index (χ1v) is 10.6. The number of hydrogen-bond acceptors (Lipinski definition) is 3. The molecule has 0 fully saturated rings. The van der Waals surface area contributed by atoms with Crippen molar-refractivity contribution in [3.63, 3.8) is 0 Å². The maximum atomic E-state index is 13.1. The zero-order chi connectivity index (χ0) is 21.3. The Balaban J connectivity index is 1.57. The lowest BCUT2D eigenvalue weighted by Gasteiger charge is -2.24. The molecule has 0 aliphatic heterocycles. The Morgan fingerprint density at radius 1 is 1.27 bits per heavy atom. The van der Waals surface area contributed by atoms with Gasteiger partial charge >= 0.3 is 0 Å². The zero-order valence-electron chi connectivity index (χ0n) is 17.8. The second-order valence-electron chi connectivity index (χ2n) is 8.00. The number of fused-ring (bicyclic) bond motifs is 1. The predicted molar refractivity (Wildman–Crippen MR) is 116 cm³/mol. The van der Waals surface area contributed by atoms with Crippen molar-refractivity contribution in [2.24, 2.45) is 0 Å². The van der Waals surface area contributed by atoms with Crippen molar-refractivity contribution in [3.05, 3.63) is 75.9 Å². The van der Waals surface area contributed by atoms with E-state index in [0.717, 1.165) is 42.6 Å². The number of carbonyl (C=O) groups is 2. The minimum absolute atomic E-state index is 0.0122. The van der Waals surface area contributed by atoms with E-state index in [4.69, 9.17) is 0 Å². The summed E-state index contributed by atoms with van der Waals surface area (Å²) in [6.07, 6.45) is 5.37. The van der Waals surface area contributed by atoms with E-state index in [2.05, 4.69) is 27.5 Å². The Bertz CT molecular complexity index is 1080. The molecule has 6 heteroatoms. The van der Waals surface area contributed by atoms with Crippen molar-refractivity contribution in [3.8, 4) is 0 Å². The molecule has 1 atom stereocenters. The smallest absolute Gasteiger partial charge is 0.268 e. The highest BCUT2D eigenvalue weighted by molar-refractivity contribution is 6.02. The van der Waals surface area contributed by atoms with Gasteiger partial charge in [0.1, 0.15) is 5.69 Å². The van der Waals surface area contributed by atoms with Crippen LogP contribution in [0, 0.1) is 6.92 Å². The molecule has 1 aliphatic carbocycles. The first-order chi connectivity index (χ1) is 14.5. The number of benzene rings is 1. The van der Waals surface area contributed by atoms with Crippen LogP contribution in [-0.2, 0) is 19.4 Å². The molecule has 0 bridgehead atoms. The predicted octanol–water partition coefficient (Wildman–Crippen LogP) is 4.14. The van der Waals surface area contributed by atoms with Crippen molar-refractivity contribution >= 4 is 11.7 Å². The van der Waals surface area contributed by atoms with Gasteiger partial charge in [-0.2, -0.15) is 5.10 Å². The highest BCUT2D eigenvalue weighted by atomic mass is 16.2. The molecule has 2 heterocycles. The molecule has 2 aromatic heterocycles. The van der Waals surface area contributed by atoms with E-state index >= 15 is 0 Å². The fourth-order valence-corrected chi connectivity index (χ4v) is 4.59. The standard InChI is InChI=1S/C24H28N4O2/c1-4-18-22(16(3)29)15(2)26-23(18)24(30)27-20-11-8-12-21-19(20)13-25-28(21)14-17-9-6-5-7-10-17/h5-7,9-10,13,20,26H,4,8,11-12,14H2,1-3H3,(H,27,30). The van der Waals surface area contributed by atoms with E-state index in [0.29, 0.717) is 17.7 Å². The summed E-state index contributed by atoms with van der Waals surface area (Å²) in [6, 6.07) is 10.2. The van der Waals surface area contributed by atoms with Crippen LogP contribution in [0.2, 0.25) is 0 Å². The molecule has 3 aromatic rings. The molecule has 30 heavy (non-hydrogen) atoms. The highest BCUT2D eigenvalue weighted by Crippen LogP contribution is 2.31. The number of aryl methyl sites for hydroxylation is 1. The van der Waals surface area contributed by atoms with Crippen molar-refractivity contribution in [1.29, 1.82) is 0 Å². The second-order valence-corrected chi connectivity index (χ2v) is 8.00. The van der Waals surface area contributed by atoms with Crippen LogP contribution in [0.3, 0.4) is 0 Å².